The Balaban J connectivity index is 2.12. The predicted octanol–water partition coefficient (Wildman–Crippen LogP) is 3.87. The van der Waals surface area contributed by atoms with Crippen LogP contribution >= 0.6 is 22.9 Å². The minimum atomic E-state index is 0.338. The van der Waals surface area contributed by atoms with Gasteiger partial charge in [-0.3, -0.25) is 0 Å². The Bertz CT molecular complexity index is 355. The van der Waals surface area contributed by atoms with Crippen molar-refractivity contribution in [3.63, 3.8) is 0 Å². The van der Waals surface area contributed by atoms with Crippen molar-refractivity contribution in [1.29, 1.82) is 0 Å². The molecule has 4 heteroatoms. The lowest BCUT2D eigenvalue weighted by atomic mass is 9.92. The first-order valence-corrected chi connectivity index (χ1v) is 7.52. The zero-order chi connectivity index (χ0) is 12.3. The molecule has 2 rings (SSSR count). The van der Waals surface area contributed by atoms with E-state index < -0.39 is 0 Å². The van der Waals surface area contributed by atoms with Crippen LogP contribution in [0.1, 0.15) is 37.6 Å². The molecule has 0 aliphatic carbocycles. The highest BCUT2D eigenvalue weighted by atomic mass is 35.5. The molecule has 1 aliphatic rings. The number of rotatable bonds is 5. The van der Waals surface area contributed by atoms with E-state index in [1.165, 1.54) is 4.88 Å². The van der Waals surface area contributed by atoms with Crippen LogP contribution in [-0.2, 0) is 4.74 Å². The van der Waals surface area contributed by atoms with Gasteiger partial charge >= 0.3 is 0 Å². The van der Waals surface area contributed by atoms with Crippen LogP contribution in [0.2, 0.25) is 4.34 Å². The molecule has 3 atom stereocenters. The number of thiophene rings is 1. The number of ether oxygens (including phenoxy) is 1. The van der Waals surface area contributed by atoms with Gasteiger partial charge in [0.15, 0.2) is 0 Å². The second kappa shape index (κ2) is 6.19. The van der Waals surface area contributed by atoms with E-state index in [0.717, 1.165) is 30.3 Å². The van der Waals surface area contributed by atoms with Gasteiger partial charge in [0.25, 0.3) is 0 Å². The fourth-order valence-corrected chi connectivity index (χ4v) is 3.66. The SMILES string of the molecule is CCCNC(c1ccc(Cl)s1)C1CCOC1C. The largest absolute Gasteiger partial charge is 0.378 e. The third-order valence-corrected chi connectivity index (χ3v) is 4.69. The molecule has 1 aromatic rings. The van der Waals surface area contributed by atoms with Crippen molar-refractivity contribution in [3.05, 3.63) is 21.3 Å². The third kappa shape index (κ3) is 3.22. The highest BCUT2D eigenvalue weighted by molar-refractivity contribution is 7.16. The first kappa shape index (κ1) is 13.3. The summed E-state index contributed by atoms with van der Waals surface area (Å²) < 4.78 is 6.56. The van der Waals surface area contributed by atoms with Gasteiger partial charge in [0.1, 0.15) is 0 Å². The molecule has 0 bridgehead atoms. The monoisotopic (exact) mass is 273 g/mol. The molecule has 0 amide bonds. The highest BCUT2D eigenvalue weighted by Crippen LogP contribution is 2.37. The van der Waals surface area contributed by atoms with E-state index in [1.54, 1.807) is 11.3 Å². The van der Waals surface area contributed by atoms with Crippen LogP contribution < -0.4 is 5.32 Å². The van der Waals surface area contributed by atoms with Crippen LogP contribution in [0.25, 0.3) is 0 Å². The summed E-state index contributed by atoms with van der Waals surface area (Å²) in [6.07, 6.45) is 2.63. The summed E-state index contributed by atoms with van der Waals surface area (Å²) in [5, 5.41) is 3.64. The fraction of sp³-hybridized carbons (Fsp3) is 0.692. The van der Waals surface area contributed by atoms with E-state index in [9.17, 15) is 0 Å². The van der Waals surface area contributed by atoms with Crippen LogP contribution in [-0.4, -0.2) is 19.3 Å². The van der Waals surface area contributed by atoms with Gasteiger partial charge in [-0.2, -0.15) is 0 Å². The van der Waals surface area contributed by atoms with Gasteiger partial charge in [-0.15, -0.1) is 11.3 Å². The first-order chi connectivity index (χ1) is 8.22. The molecule has 1 aromatic heterocycles. The Morgan fingerprint density at radius 1 is 1.59 bits per heavy atom. The van der Waals surface area contributed by atoms with E-state index >= 15 is 0 Å². The molecule has 1 fully saturated rings. The topological polar surface area (TPSA) is 21.3 Å². The minimum absolute atomic E-state index is 0.338. The maximum atomic E-state index is 6.04. The van der Waals surface area contributed by atoms with E-state index in [2.05, 4.69) is 25.2 Å². The van der Waals surface area contributed by atoms with Gasteiger partial charge in [-0.25, -0.2) is 0 Å². The molecule has 0 aromatic carbocycles. The van der Waals surface area contributed by atoms with Crippen molar-refractivity contribution in [2.24, 2.45) is 5.92 Å². The summed E-state index contributed by atoms with van der Waals surface area (Å²) in [6.45, 7) is 6.30. The molecule has 2 nitrogen and oxygen atoms in total. The van der Waals surface area contributed by atoms with Crippen molar-refractivity contribution >= 4 is 22.9 Å². The summed E-state index contributed by atoms with van der Waals surface area (Å²) in [4.78, 5) is 1.34. The second-order valence-electron chi connectivity index (χ2n) is 4.60. The van der Waals surface area contributed by atoms with Crippen molar-refractivity contribution in [2.45, 2.75) is 38.8 Å². The molecule has 1 N–H and O–H groups in total. The fourth-order valence-electron chi connectivity index (χ4n) is 2.44. The normalized spacial score (nSPS) is 26.3. The standard InChI is InChI=1S/C13H20ClNOS/c1-3-7-15-13(10-6-8-16-9(10)2)11-4-5-12(14)17-11/h4-5,9-10,13,15H,3,6-8H2,1-2H3. The molecule has 0 radical (unpaired) electrons. The van der Waals surface area contributed by atoms with E-state index in [4.69, 9.17) is 16.3 Å². The zero-order valence-corrected chi connectivity index (χ0v) is 12.0. The number of hydrogen-bond acceptors (Lipinski definition) is 3. The average molecular weight is 274 g/mol. The van der Waals surface area contributed by atoms with Crippen molar-refractivity contribution in [3.8, 4) is 0 Å². The molecule has 0 saturated carbocycles. The van der Waals surface area contributed by atoms with Crippen LogP contribution in [0.5, 0.6) is 0 Å². The third-order valence-electron chi connectivity index (χ3n) is 3.38. The van der Waals surface area contributed by atoms with Crippen LogP contribution in [0, 0.1) is 5.92 Å². The molecule has 17 heavy (non-hydrogen) atoms. The van der Waals surface area contributed by atoms with E-state index in [-0.39, 0.29) is 0 Å². The minimum Gasteiger partial charge on any atom is -0.378 e. The Morgan fingerprint density at radius 3 is 2.94 bits per heavy atom. The Hall–Kier alpha value is -0.0900. The average Bonchev–Trinajstić information content (AvgIpc) is 2.90. The summed E-state index contributed by atoms with van der Waals surface area (Å²) in [5.41, 5.74) is 0. The molecule has 1 saturated heterocycles. The maximum Gasteiger partial charge on any atom is 0.0931 e. The second-order valence-corrected chi connectivity index (χ2v) is 6.35. The van der Waals surface area contributed by atoms with E-state index in [0.29, 0.717) is 18.1 Å². The highest BCUT2D eigenvalue weighted by Gasteiger charge is 2.33. The number of hydrogen-bond donors (Lipinski definition) is 1. The Morgan fingerprint density at radius 2 is 2.41 bits per heavy atom. The molecule has 3 unspecified atom stereocenters. The smallest absolute Gasteiger partial charge is 0.0931 e. The van der Waals surface area contributed by atoms with E-state index in [1.807, 2.05) is 6.07 Å². The van der Waals surface area contributed by atoms with Crippen molar-refractivity contribution in [1.82, 2.24) is 5.32 Å². The predicted molar refractivity (Wildman–Crippen MR) is 73.9 cm³/mol. The molecule has 96 valence electrons. The number of nitrogens with one attached hydrogen (secondary N) is 1. The van der Waals surface area contributed by atoms with Gasteiger partial charge in [0.2, 0.25) is 0 Å². The summed E-state index contributed by atoms with van der Waals surface area (Å²) >= 11 is 7.72. The summed E-state index contributed by atoms with van der Waals surface area (Å²) in [5.74, 6) is 0.566. The van der Waals surface area contributed by atoms with Crippen molar-refractivity contribution in [2.75, 3.05) is 13.2 Å². The first-order valence-electron chi connectivity index (χ1n) is 6.32. The van der Waals surface area contributed by atoms with Gasteiger partial charge in [0.05, 0.1) is 10.4 Å². The summed E-state index contributed by atoms with van der Waals surface area (Å²) in [6, 6.07) is 4.53. The summed E-state index contributed by atoms with van der Waals surface area (Å²) in [7, 11) is 0. The maximum absolute atomic E-state index is 6.04. The zero-order valence-electron chi connectivity index (χ0n) is 10.4. The van der Waals surface area contributed by atoms with Gasteiger partial charge in [-0.05, 0) is 38.4 Å². The lowest BCUT2D eigenvalue weighted by Gasteiger charge is -2.26. The van der Waals surface area contributed by atoms with Crippen LogP contribution in [0.15, 0.2) is 12.1 Å². The Kier molecular flexibility index (Phi) is 4.86. The van der Waals surface area contributed by atoms with Crippen LogP contribution in [0.4, 0.5) is 0 Å². The Labute approximate surface area is 112 Å². The van der Waals surface area contributed by atoms with Crippen molar-refractivity contribution < 1.29 is 4.74 Å². The van der Waals surface area contributed by atoms with Gasteiger partial charge in [-0.1, -0.05) is 18.5 Å². The molecular formula is C13H20ClNOS. The lowest BCUT2D eigenvalue weighted by Crippen LogP contribution is -2.31. The molecule has 0 spiro atoms. The molecule has 2 heterocycles. The number of halogens is 1. The molecule has 1 aliphatic heterocycles. The van der Waals surface area contributed by atoms with Gasteiger partial charge in [0, 0.05) is 23.4 Å². The quantitative estimate of drug-likeness (QED) is 0.879. The lowest BCUT2D eigenvalue weighted by molar-refractivity contribution is 0.0957. The van der Waals surface area contributed by atoms with Gasteiger partial charge < -0.3 is 10.1 Å². The molecular weight excluding hydrogens is 254 g/mol. The van der Waals surface area contributed by atoms with Crippen LogP contribution in [0.3, 0.4) is 0 Å².